The molecule has 25 heavy (non-hydrogen) atoms. The number of pyridine rings is 2. The van der Waals surface area contributed by atoms with E-state index in [0.717, 1.165) is 20.1 Å². The molecule has 0 aliphatic rings. The Morgan fingerprint density at radius 3 is 2.44 bits per heavy atom. The lowest BCUT2D eigenvalue weighted by Gasteiger charge is -2.03. The number of nitrogens with two attached hydrogens (primary N) is 1. The number of ether oxygens (including phenoxy) is 1. The summed E-state index contributed by atoms with van der Waals surface area (Å²) in [5.74, 6) is 0.188. The summed E-state index contributed by atoms with van der Waals surface area (Å²) in [5, 5.41) is 0. The van der Waals surface area contributed by atoms with Gasteiger partial charge in [0.25, 0.3) is 0 Å². The molecule has 0 bridgehead atoms. The average Bonchev–Trinajstić information content (AvgIpc) is 2.96. The Kier molecular flexibility index (Phi) is 6.55. The minimum Gasteiger partial charge on any atom is -0.461 e. The zero-order valence-corrected chi connectivity index (χ0v) is 17.3. The second kappa shape index (κ2) is 8.44. The van der Waals surface area contributed by atoms with Gasteiger partial charge in [0.2, 0.25) is 0 Å². The number of fused-ring (bicyclic) bond motifs is 1. The number of imidazole rings is 1. The lowest BCUT2D eigenvalue weighted by molar-refractivity contribution is 0.0518. The van der Waals surface area contributed by atoms with Crippen LogP contribution in [0.5, 0.6) is 0 Å². The standard InChI is InChI=1S/C11H11BrN2O2.C6H7BrN2/c1-3-16-11(15)9-5-13-10-8(12)4-7(2)6-14(9)10;1-4-2-5(7)6(8)9-3-4/h4-6H,3H2,1-2H3;2-3H,1H3,(H2,8,9). The van der Waals surface area contributed by atoms with Gasteiger partial charge in [0, 0.05) is 12.4 Å². The van der Waals surface area contributed by atoms with Crippen molar-refractivity contribution in [3.63, 3.8) is 0 Å². The number of halogens is 2. The molecule has 2 N–H and O–H groups in total. The van der Waals surface area contributed by atoms with Crippen molar-refractivity contribution in [2.45, 2.75) is 20.8 Å². The molecule has 0 spiro atoms. The molecule has 0 amide bonds. The molecule has 6 nitrogen and oxygen atoms in total. The number of carbonyl (C=O) groups is 1. The van der Waals surface area contributed by atoms with Gasteiger partial charge in [0.1, 0.15) is 5.82 Å². The summed E-state index contributed by atoms with van der Waals surface area (Å²) >= 11 is 6.67. The topological polar surface area (TPSA) is 82.5 Å². The van der Waals surface area contributed by atoms with Crippen molar-refractivity contribution in [3.8, 4) is 0 Å². The number of esters is 1. The van der Waals surface area contributed by atoms with Gasteiger partial charge in [-0.3, -0.25) is 4.40 Å². The van der Waals surface area contributed by atoms with Crippen LogP contribution in [0.4, 0.5) is 5.82 Å². The predicted molar refractivity (Wildman–Crippen MR) is 105 cm³/mol. The van der Waals surface area contributed by atoms with E-state index in [4.69, 9.17) is 10.5 Å². The number of hydrogen-bond acceptors (Lipinski definition) is 5. The van der Waals surface area contributed by atoms with E-state index in [9.17, 15) is 4.79 Å². The molecule has 0 saturated carbocycles. The first-order valence-electron chi connectivity index (χ1n) is 7.51. The molecule has 3 heterocycles. The molecule has 0 saturated heterocycles. The van der Waals surface area contributed by atoms with Crippen LogP contribution in [0.2, 0.25) is 0 Å². The maximum Gasteiger partial charge on any atom is 0.356 e. The van der Waals surface area contributed by atoms with Crippen LogP contribution in [0, 0.1) is 13.8 Å². The van der Waals surface area contributed by atoms with Gasteiger partial charge in [0.05, 0.1) is 21.7 Å². The maximum absolute atomic E-state index is 11.6. The van der Waals surface area contributed by atoms with Crippen molar-refractivity contribution in [1.29, 1.82) is 0 Å². The molecular formula is C17H18Br2N4O2. The summed E-state index contributed by atoms with van der Waals surface area (Å²) < 4.78 is 8.42. The molecule has 0 aromatic carbocycles. The number of nitrogen functional groups attached to an aromatic ring is 1. The molecule has 8 heteroatoms. The van der Waals surface area contributed by atoms with E-state index in [0.29, 0.717) is 23.8 Å². The Morgan fingerprint density at radius 2 is 1.84 bits per heavy atom. The predicted octanol–water partition coefficient (Wildman–Crippen LogP) is 4.32. The summed E-state index contributed by atoms with van der Waals surface area (Å²) in [6.07, 6.45) is 5.12. The largest absolute Gasteiger partial charge is 0.461 e. The highest BCUT2D eigenvalue weighted by Gasteiger charge is 2.14. The van der Waals surface area contributed by atoms with Crippen molar-refractivity contribution in [3.05, 3.63) is 56.5 Å². The second-order valence-corrected chi connectivity index (χ2v) is 7.01. The molecule has 0 radical (unpaired) electrons. The van der Waals surface area contributed by atoms with Crippen LogP contribution >= 0.6 is 31.9 Å². The van der Waals surface area contributed by atoms with Crippen LogP contribution in [-0.2, 0) is 4.74 Å². The highest BCUT2D eigenvalue weighted by atomic mass is 79.9. The number of rotatable bonds is 2. The maximum atomic E-state index is 11.6. The summed E-state index contributed by atoms with van der Waals surface area (Å²) in [4.78, 5) is 19.7. The summed E-state index contributed by atoms with van der Waals surface area (Å²) in [5.41, 5.74) is 8.74. The van der Waals surface area contributed by atoms with Crippen LogP contribution in [0.1, 0.15) is 28.5 Å². The third kappa shape index (κ3) is 4.79. The SMILES string of the molecule is CCOC(=O)c1cnc2c(Br)cc(C)cn12.Cc1cnc(N)c(Br)c1. The minimum atomic E-state index is -0.354. The van der Waals surface area contributed by atoms with Gasteiger partial charge in [-0.15, -0.1) is 0 Å². The Morgan fingerprint density at radius 1 is 1.16 bits per heavy atom. The second-order valence-electron chi connectivity index (χ2n) is 5.30. The molecule has 0 unspecified atom stereocenters. The minimum absolute atomic E-state index is 0.354. The quantitative estimate of drug-likeness (QED) is 0.565. The van der Waals surface area contributed by atoms with Crippen LogP contribution < -0.4 is 5.73 Å². The van der Waals surface area contributed by atoms with E-state index >= 15 is 0 Å². The van der Waals surface area contributed by atoms with Crippen molar-refractivity contribution >= 4 is 49.3 Å². The Labute approximate surface area is 162 Å². The Balaban J connectivity index is 0.000000212. The number of aryl methyl sites for hydroxylation is 2. The van der Waals surface area contributed by atoms with Gasteiger partial charge < -0.3 is 10.5 Å². The number of aromatic nitrogens is 3. The fourth-order valence-electron chi connectivity index (χ4n) is 2.07. The fourth-order valence-corrected chi connectivity index (χ4v) is 3.19. The molecule has 3 aromatic rings. The van der Waals surface area contributed by atoms with Gasteiger partial charge in [-0.25, -0.2) is 14.8 Å². The van der Waals surface area contributed by atoms with E-state index in [1.54, 1.807) is 17.5 Å². The molecular weight excluding hydrogens is 452 g/mol. The summed E-state index contributed by atoms with van der Waals surface area (Å²) in [7, 11) is 0. The third-order valence-electron chi connectivity index (χ3n) is 3.19. The highest BCUT2D eigenvalue weighted by molar-refractivity contribution is 9.11. The lowest BCUT2D eigenvalue weighted by atomic mass is 10.3. The first kappa shape index (κ1) is 19.4. The molecule has 0 fully saturated rings. The van der Waals surface area contributed by atoms with Crippen molar-refractivity contribution in [2.24, 2.45) is 0 Å². The number of carbonyl (C=O) groups excluding carboxylic acids is 1. The molecule has 0 aliphatic carbocycles. The lowest BCUT2D eigenvalue weighted by Crippen LogP contribution is -2.08. The van der Waals surface area contributed by atoms with Gasteiger partial charge in [0.15, 0.2) is 11.3 Å². The van der Waals surface area contributed by atoms with E-state index in [1.807, 2.05) is 32.2 Å². The van der Waals surface area contributed by atoms with Crippen LogP contribution in [0.15, 0.2) is 39.7 Å². The summed E-state index contributed by atoms with van der Waals surface area (Å²) in [6, 6.07) is 3.89. The Hall–Kier alpha value is -1.93. The molecule has 0 aliphatic heterocycles. The van der Waals surface area contributed by atoms with Crippen molar-refractivity contribution in [2.75, 3.05) is 12.3 Å². The molecule has 3 rings (SSSR count). The first-order valence-corrected chi connectivity index (χ1v) is 9.10. The third-order valence-corrected chi connectivity index (χ3v) is 4.41. The number of anilines is 1. The van der Waals surface area contributed by atoms with Crippen LogP contribution in [0.3, 0.4) is 0 Å². The van der Waals surface area contributed by atoms with Gasteiger partial charge in [-0.1, -0.05) is 0 Å². The van der Waals surface area contributed by atoms with Crippen molar-refractivity contribution in [1.82, 2.24) is 14.4 Å². The number of hydrogen-bond donors (Lipinski definition) is 1. The zero-order chi connectivity index (χ0) is 18.6. The monoisotopic (exact) mass is 468 g/mol. The average molecular weight is 470 g/mol. The van der Waals surface area contributed by atoms with Crippen molar-refractivity contribution < 1.29 is 9.53 Å². The first-order chi connectivity index (χ1) is 11.8. The summed E-state index contributed by atoms with van der Waals surface area (Å²) in [6.45, 7) is 6.07. The molecule has 0 atom stereocenters. The highest BCUT2D eigenvalue weighted by Crippen LogP contribution is 2.20. The Bertz CT molecular complexity index is 909. The smallest absolute Gasteiger partial charge is 0.356 e. The zero-order valence-electron chi connectivity index (χ0n) is 14.1. The molecule has 132 valence electrons. The van der Waals surface area contributed by atoms with E-state index in [2.05, 4.69) is 41.8 Å². The van der Waals surface area contributed by atoms with E-state index in [1.165, 1.54) is 6.20 Å². The fraction of sp³-hybridized carbons (Fsp3) is 0.235. The van der Waals surface area contributed by atoms with Gasteiger partial charge in [-0.2, -0.15) is 0 Å². The normalized spacial score (nSPS) is 10.3. The molecule has 3 aromatic heterocycles. The van der Waals surface area contributed by atoms with E-state index in [-0.39, 0.29) is 5.97 Å². The van der Waals surface area contributed by atoms with Crippen LogP contribution in [0.25, 0.3) is 5.65 Å². The van der Waals surface area contributed by atoms with Gasteiger partial charge in [-0.05, 0) is 75.9 Å². The number of nitrogens with zero attached hydrogens (tertiary/aromatic N) is 3. The van der Waals surface area contributed by atoms with E-state index < -0.39 is 0 Å². The van der Waals surface area contributed by atoms with Gasteiger partial charge >= 0.3 is 5.97 Å². The van der Waals surface area contributed by atoms with Crippen LogP contribution in [-0.4, -0.2) is 26.9 Å².